The fourth-order valence-corrected chi connectivity index (χ4v) is 7.29. The molecule has 46 heavy (non-hydrogen) atoms. The van der Waals surface area contributed by atoms with E-state index >= 15 is 0 Å². The van der Waals surface area contributed by atoms with Crippen LogP contribution >= 0.6 is 0 Å². The van der Waals surface area contributed by atoms with E-state index in [1.54, 1.807) is 0 Å². The average molecular weight is 590 g/mol. The fourth-order valence-electron chi connectivity index (χ4n) is 7.29. The minimum atomic E-state index is -0.101. The van der Waals surface area contributed by atoms with Gasteiger partial charge in [-0.1, -0.05) is 135 Å². The van der Waals surface area contributed by atoms with Crippen molar-refractivity contribution >= 4 is 21.8 Å². The maximum atomic E-state index is 5.27. The molecule has 3 nitrogen and oxygen atoms in total. The maximum Gasteiger partial charge on any atom is 0.235 e. The second kappa shape index (κ2) is 10.1. The molecule has 0 aliphatic heterocycles. The Morgan fingerprint density at radius 2 is 1.00 bits per heavy atom. The molecule has 0 saturated carbocycles. The summed E-state index contributed by atoms with van der Waals surface area (Å²) < 4.78 is 2.27. The molecule has 3 heteroatoms. The Labute approximate surface area is 268 Å². The zero-order chi connectivity index (χ0) is 30.8. The van der Waals surface area contributed by atoms with Crippen LogP contribution in [0.1, 0.15) is 25.0 Å². The second-order valence-electron chi connectivity index (χ2n) is 12.7. The van der Waals surface area contributed by atoms with Crippen LogP contribution in [0, 0.1) is 0 Å². The van der Waals surface area contributed by atoms with Gasteiger partial charge in [-0.15, -0.1) is 0 Å². The first-order valence-electron chi connectivity index (χ1n) is 15.8. The lowest BCUT2D eigenvalue weighted by atomic mass is 9.82. The van der Waals surface area contributed by atoms with E-state index in [1.807, 2.05) is 12.1 Å². The van der Waals surface area contributed by atoms with Gasteiger partial charge in [0.25, 0.3) is 0 Å². The van der Waals surface area contributed by atoms with Crippen LogP contribution in [0.15, 0.2) is 152 Å². The van der Waals surface area contributed by atoms with Crippen LogP contribution in [0.5, 0.6) is 0 Å². The molecule has 2 heterocycles. The van der Waals surface area contributed by atoms with Crippen LogP contribution in [0.25, 0.3) is 72.5 Å². The summed E-state index contributed by atoms with van der Waals surface area (Å²) in [4.78, 5) is 10.5. The Bertz CT molecular complexity index is 2360. The van der Waals surface area contributed by atoms with Crippen LogP contribution in [-0.4, -0.2) is 14.5 Å². The molecule has 1 aliphatic carbocycles. The van der Waals surface area contributed by atoms with Gasteiger partial charge in [-0.3, -0.25) is 4.57 Å². The Balaban J connectivity index is 1.39. The highest BCUT2D eigenvalue weighted by Crippen LogP contribution is 2.51. The van der Waals surface area contributed by atoms with Gasteiger partial charge < -0.3 is 0 Å². The van der Waals surface area contributed by atoms with Crippen molar-refractivity contribution in [1.29, 1.82) is 0 Å². The monoisotopic (exact) mass is 589 g/mol. The zero-order valence-electron chi connectivity index (χ0n) is 25.8. The van der Waals surface area contributed by atoms with Crippen molar-refractivity contribution in [2.45, 2.75) is 19.3 Å². The highest BCUT2D eigenvalue weighted by Gasteiger charge is 2.36. The molecule has 0 spiro atoms. The molecule has 0 amide bonds. The van der Waals surface area contributed by atoms with Crippen LogP contribution in [0.4, 0.5) is 0 Å². The van der Waals surface area contributed by atoms with E-state index in [0.717, 1.165) is 33.5 Å². The SMILES string of the molecule is CC1(C)c2ccccc2-c2cc3c(cc21)c1cc(-c2ccccc2)ccc1n3-c1nc(-c2ccccc2)cc(-c2ccccc2)n1. The molecule has 0 unspecified atom stereocenters. The van der Waals surface area contributed by atoms with Crippen molar-refractivity contribution in [2.75, 3.05) is 0 Å². The highest BCUT2D eigenvalue weighted by molar-refractivity contribution is 6.12. The van der Waals surface area contributed by atoms with Crippen molar-refractivity contribution in [3.05, 3.63) is 163 Å². The summed E-state index contributed by atoms with van der Waals surface area (Å²) in [5.41, 5.74) is 13.7. The van der Waals surface area contributed by atoms with Gasteiger partial charge in [0.15, 0.2) is 0 Å². The molecule has 9 rings (SSSR count). The quantitative estimate of drug-likeness (QED) is 0.204. The first-order chi connectivity index (χ1) is 22.6. The molecule has 8 aromatic rings. The van der Waals surface area contributed by atoms with E-state index in [4.69, 9.17) is 9.97 Å². The van der Waals surface area contributed by atoms with Gasteiger partial charge in [-0.05, 0) is 63.7 Å². The molecule has 0 N–H and O–H groups in total. The smallest absolute Gasteiger partial charge is 0.235 e. The van der Waals surface area contributed by atoms with E-state index in [0.29, 0.717) is 5.95 Å². The van der Waals surface area contributed by atoms with E-state index in [-0.39, 0.29) is 5.41 Å². The van der Waals surface area contributed by atoms with Gasteiger partial charge >= 0.3 is 0 Å². The zero-order valence-corrected chi connectivity index (χ0v) is 25.8. The largest absolute Gasteiger partial charge is 0.278 e. The number of hydrogen-bond acceptors (Lipinski definition) is 2. The van der Waals surface area contributed by atoms with Gasteiger partial charge in [0.2, 0.25) is 5.95 Å². The minimum Gasteiger partial charge on any atom is -0.278 e. The van der Waals surface area contributed by atoms with Crippen LogP contribution in [-0.2, 0) is 5.41 Å². The van der Waals surface area contributed by atoms with Gasteiger partial charge in [-0.25, -0.2) is 9.97 Å². The summed E-state index contributed by atoms with van der Waals surface area (Å²) in [5.74, 6) is 0.665. The molecule has 0 bridgehead atoms. The lowest BCUT2D eigenvalue weighted by molar-refractivity contribution is 0.661. The van der Waals surface area contributed by atoms with Crippen LogP contribution < -0.4 is 0 Å². The lowest BCUT2D eigenvalue weighted by Gasteiger charge is -2.21. The first-order valence-corrected chi connectivity index (χ1v) is 15.8. The Kier molecular flexibility index (Phi) is 5.85. The standard InChI is InChI=1S/C43H31N3/c1-43(2)36-21-13-12-20-32(36)33-26-41-35(25-37(33)43)34-24-31(28-14-6-3-7-15-28)22-23-40(34)46(41)42-44-38(29-16-8-4-9-17-29)27-39(45-42)30-18-10-5-11-19-30/h3-27H,1-2H3. The summed E-state index contributed by atoms with van der Waals surface area (Å²) >= 11 is 0. The second-order valence-corrected chi connectivity index (χ2v) is 12.7. The third-order valence-electron chi connectivity index (χ3n) is 9.63. The average Bonchev–Trinajstić information content (AvgIpc) is 3.56. The molecule has 0 atom stereocenters. The van der Waals surface area contributed by atoms with Crippen LogP contribution in [0.3, 0.4) is 0 Å². The predicted molar refractivity (Wildman–Crippen MR) is 190 cm³/mol. The van der Waals surface area contributed by atoms with Gasteiger partial charge in [0, 0.05) is 27.3 Å². The van der Waals surface area contributed by atoms with E-state index in [9.17, 15) is 0 Å². The summed E-state index contributed by atoms with van der Waals surface area (Å²) in [6.07, 6.45) is 0. The highest BCUT2D eigenvalue weighted by atomic mass is 15.2. The topological polar surface area (TPSA) is 30.7 Å². The number of benzene rings is 6. The third kappa shape index (κ3) is 4.05. The van der Waals surface area contributed by atoms with Gasteiger partial charge in [-0.2, -0.15) is 0 Å². The van der Waals surface area contributed by atoms with Crippen molar-refractivity contribution < 1.29 is 0 Å². The Morgan fingerprint density at radius 1 is 0.435 bits per heavy atom. The predicted octanol–water partition coefficient (Wildman–Crippen LogP) is 10.9. The Morgan fingerprint density at radius 3 is 1.65 bits per heavy atom. The Hall–Kier alpha value is -5.80. The van der Waals surface area contributed by atoms with Crippen molar-refractivity contribution in [1.82, 2.24) is 14.5 Å². The van der Waals surface area contributed by atoms with Gasteiger partial charge in [0.05, 0.1) is 22.4 Å². The molecule has 0 radical (unpaired) electrons. The molecular weight excluding hydrogens is 558 g/mol. The van der Waals surface area contributed by atoms with E-state index in [2.05, 4.69) is 158 Å². The number of aromatic nitrogens is 3. The summed E-state index contributed by atoms with van der Waals surface area (Å²) in [6, 6.07) is 54.0. The van der Waals surface area contributed by atoms with Crippen molar-refractivity contribution in [3.63, 3.8) is 0 Å². The fraction of sp³-hybridized carbons (Fsp3) is 0.0698. The number of fused-ring (bicyclic) bond motifs is 6. The molecular formula is C43H31N3. The lowest BCUT2D eigenvalue weighted by Crippen LogP contribution is -2.14. The molecule has 2 aromatic heterocycles. The normalized spacial score (nSPS) is 13.2. The minimum absolute atomic E-state index is 0.101. The third-order valence-corrected chi connectivity index (χ3v) is 9.63. The molecule has 0 saturated heterocycles. The van der Waals surface area contributed by atoms with Gasteiger partial charge in [0.1, 0.15) is 0 Å². The maximum absolute atomic E-state index is 5.27. The summed E-state index contributed by atoms with van der Waals surface area (Å²) in [5, 5.41) is 2.41. The number of hydrogen-bond donors (Lipinski definition) is 0. The molecule has 218 valence electrons. The molecule has 0 fully saturated rings. The number of nitrogens with zero attached hydrogens (tertiary/aromatic N) is 3. The van der Waals surface area contributed by atoms with E-state index in [1.165, 1.54) is 44.2 Å². The van der Waals surface area contributed by atoms with Crippen LogP contribution in [0.2, 0.25) is 0 Å². The van der Waals surface area contributed by atoms with Crippen molar-refractivity contribution in [2.24, 2.45) is 0 Å². The molecule has 6 aromatic carbocycles. The van der Waals surface area contributed by atoms with E-state index < -0.39 is 0 Å². The summed E-state index contributed by atoms with van der Waals surface area (Å²) in [6.45, 7) is 4.69. The summed E-state index contributed by atoms with van der Waals surface area (Å²) in [7, 11) is 0. The first kappa shape index (κ1) is 26.6. The van der Waals surface area contributed by atoms with Crippen molar-refractivity contribution in [3.8, 4) is 50.7 Å². The molecule has 1 aliphatic rings. The number of rotatable bonds is 4.